The molecule has 0 aliphatic carbocycles. The molecule has 0 nitrogen and oxygen atoms in total. The van der Waals surface area contributed by atoms with Crippen LogP contribution < -0.4 is 0 Å². The van der Waals surface area contributed by atoms with Gasteiger partial charge in [-0.05, 0) is 23.5 Å². The zero-order valence-corrected chi connectivity index (χ0v) is 8.99. The fraction of sp³-hybridized carbons (Fsp3) is 0.800. The van der Waals surface area contributed by atoms with Gasteiger partial charge in [0.1, 0.15) is 0 Å². The summed E-state index contributed by atoms with van der Waals surface area (Å²) in [5.74, 6) is 0. The summed E-state index contributed by atoms with van der Waals surface area (Å²) in [4.78, 5) is 0. The van der Waals surface area contributed by atoms with Gasteiger partial charge in [0.25, 0.3) is 0 Å². The van der Waals surface area contributed by atoms with Gasteiger partial charge in [0.05, 0.1) is 0 Å². The van der Waals surface area contributed by atoms with Crippen molar-refractivity contribution in [2.24, 2.45) is 5.41 Å². The Morgan fingerprint density at radius 2 is 2.00 bits per heavy atom. The number of allylic oxidation sites excluding steroid dienone is 2. The molecule has 0 aliphatic heterocycles. The van der Waals surface area contributed by atoms with Crippen LogP contribution in [0.3, 0.4) is 0 Å². The molecule has 1 atom stereocenters. The molecule has 66 valence electrons. The molecule has 0 rings (SSSR count). The van der Waals surface area contributed by atoms with Gasteiger partial charge in [-0.2, -0.15) is 12.6 Å². The third-order valence-electron chi connectivity index (χ3n) is 1.63. The van der Waals surface area contributed by atoms with Gasteiger partial charge in [-0.1, -0.05) is 39.8 Å². The summed E-state index contributed by atoms with van der Waals surface area (Å²) < 4.78 is 0. The van der Waals surface area contributed by atoms with E-state index in [9.17, 15) is 0 Å². The molecule has 0 spiro atoms. The van der Waals surface area contributed by atoms with Crippen LogP contribution in [-0.4, -0.2) is 5.25 Å². The molecule has 0 radical (unpaired) electrons. The highest BCUT2D eigenvalue weighted by atomic mass is 32.1. The van der Waals surface area contributed by atoms with E-state index < -0.39 is 0 Å². The molecule has 0 aromatic rings. The second-order valence-corrected chi connectivity index (χ2v) is 4.73. The smallest absolute Gasteiger partial charge is 0.000353 e. The maximum Gasteiger partial charge on any atom is -0.000353 e. The van der Waals surface area contributed by atoms with Gasteiger partial charge in [0, 0.05) is 0 Å². The molecular formula is C10H20S. The Bertz CT molecular complexity index is 123. The highest BCUT2D eigenvalue weighted by molar-refractivity contribution is 7.80. The van der Waals surface area contributed by atoms with Crippen molar-refractivity contribution in [3.8, 4) is 0 Å². The second kappa shape index (κ2) is 4.87. The van der Waals surface area contributed by atoms with Gasteiger partial charge in [0.15, 0.2) is 0 Å². The Labute approximate surface area is 76.5 Å². The van der Waals surface area contributed by atoms with Crippen molar-refractivity contribution < 1.29 is 0 Å². The van der Waals surface area contributed by atoms with Crippen molar-refractivity contribution in [2.75, 3.05) is 0 Å². The van der Waals surface area contributed by atoms with E-state index in [1.54, 1.807) is 0 Å². The fourth-order valence-electron chi connectivity index (χ4n) is 1.27. The Kier molecular flexibility index (Phi) is 4.91. The quantitative estimate of drug-likeness (QED) is 0.485. The summed E-state index contributed by atoms with van der Waals surface area (Å²) >= 11 is 4.38. The van der Waals surface area contributed by atoms with Crippen molar-refractivity contribution in [3.63, 3.8) is 0 Å². The van der Waals surface area contributed by atoms with Crippen LogP contribution in [0, 0.1) is 5.41 Å². The van der Waals surface area contributed by atoms with E-state index >= 15 is 0 Å². The molecule has 0 N–H and O–H groups in total. The summed E-state index contributed by atoms with van der Waals surface area (Å²) in [6.07, 6.45) is 6.80. The van der Waals surface area contributed by atoms with Gasteiger partial charge < -0.3 is 0 Å². The molecule has 1 heteroatoms. The van der Waals surface area contributed by atoms with Gasteiger partial charge in [-0.25, -0.2) is 0 Å². The number of hydrogen-bond acceptors (Lipinski definition) is 1. The minimum atomic E-state index is 0.317. The standard InChI is InChI=1S/C10H20S/c1-5-6-7-10(3,4)8-9(2)11/h6-7,9,11H,5,8H2,1-4H3. The van der Waals surface area contributed by atoms with Crippen molar-refractivity contribution in [2.45, 2.75) is 45.8 Å². The Hall–Kier alpha value is 0.0900. The minimum Gasteiger partial charge on any atom is -0.176 e. The van der Waals surface area contributed by atoms with Crippen molar-refractivity contribution in [3.05, 3.63) is 12.2 Å². The molecule has 0 heterocycles. The molecule has 0 aromatic heterocycles. The summed E-state index contributed by atoms with van der Waals surface area (Å²) in [6, 6.07) is 0. The van der Waals surface area contributed by atoms with Crippen LogP contribution in [-0.2, 0) is 0 Å². The first-order chi connectivity index (χ1) is 4.98. The second-order valence-electron chi connectivity index (χ2n) is 3.85. The third kappa shape index (κ3) is 6.49. The van der Waals surface area contributed by atoms with Crippen LogP contribution in [0.4, 0.5) is 0 Å². The topological polar surface area (TPSA) is 0 Å². The Balaban J connectivity index is 3.89. The highest BCUT2D eigenvalue weighted by Crippen LogP contribution is 2.25. The Morgan fingerprint density at radius 3 is 2.36 bits per heavy atom. The normalized spacial score (nSPS) is 15.7. The SMILES string of the molecule is CCC=CC(C)(C)CC(C)S. The average molecular weight is 172 g/mol. The lowest BCUT2D eigenvalue weighted by Crippen LogP contribution is -2.12. The molecular weight excluding hydrogens is 152 g/mol. The van der Waals surface area contributed by atoms with Crippen molar-refractivity contribution in [1.29, 1.82) is 0 Å². The van der Waals surface area contributed by atoms with Crippen LogP contribution in [0.15, 0.2) is 12.2 Å². The van der Waals surface area contributed by atoms with Crippen LogP contribution in [0.2, 0.25) is 0 Å². The number of hydrogen-bond donors (Lipinski definition) is 1. The summed E-state index contributed by atoms with van der Waals surface area (Å²) in [7, 11) is 0. The third-order valence-corrected chi connectivity index (χ3v) is 1.81. The molecule has 0 fully saturated rings. The van der Waals surface area contributed by atoms with Crippen LogP contribution in [0.25, 0.3) is 0 Å². The largest absolute Gasteiger partial charge is 0.176 e. The molecule has 0 saturated heterocycles. The van der Waals surface area contributed by atoms with E-state index in [4.69, 9.17) is 0 Å². The van der Waals surface area contributed by atoms with Crippen LogP contribution >= 0.6 is 12.6 Å². The molecule has 1 unspecified atom stereocenters. The first-order valence-electron chi connectivity index (χ1n) is 4.33. The first kappa shape index (κ1) is 11.1. The van der Waals surface area contributed by atoms with Gasteiger partial charge >= 0.3 is 0 Å². The molecule has 0 aromatic carbocycles. The zero-order valence-electron chi connectivity index (χ0n) is 8.09. The van der Waals surface area contributed by atoms with Gasteiger partial charge in [0.2, 0.25) is 0 Å². The van der Waals surface area contributed by atoms with E-state index in [0.29, 0.717) is 10.7 Å². The lowest BCUT2D eigenvalue weighted by Gasteiger charge is -2.21. The van der Waals surface area contributed by atoms with E-state index in [1.807, 2.05) is 0 Å². The predicted molar refractivity (Wildman–Crippen MR) is 56.3 cm³/mol. The maximum atomic E-state index is 4.38. The van der Waals surface area contributed by atoms with Crippen LogP contribution in [0.1, 0.15) is 40.5 Å². The van der Waals surface area contributed by atoms with E-state index in [1.165, 1.54) is 0 Å². The molecule has 0 amide bonds. The van der Waals surface area contributed by atoms with Crippen LogP contribution in [0.5, 0.6) is 0 Å². The van der Waals surface area contributed by atoms with Crippen molar-refractivity contribution in [1.82, 2.24) is 0 Å². The lowest BCUT2D eigenvalue weighted by atomic mass is 9.87. The molecule has 0 aliphatic rings. The number of thiol groups is 1. The summed E-state index contributed by atoms with van der Waals surface area (Å²) in [5.41, 5.74) is 0.317. The van der Waals surface area contributed by atoms with E-state index in [2.05, 4.69) is 52.5 Å². The summed E-state index contributed by atoms with van der Waals surface area (Å²) in [6.45, 7) is 8.82. The average Bonchev–Trinajstić information content (AvgIpc) is 1.81. The summed E-state index contributed by atoms with van der Waals surface area (Å²) in [5, 5.41) is 0.492. The monoisotopic (exact) mass is 172 g/mol. The first-order valence-corrected chi connectivity index (χ1v) is 4.85. The maximum absolute atomic E-state index is 4.38. The molecule has 0 saturated carbocycles. The van der Waals surface area contributed by atoms with E-state index in [0.717, 1.165) is 12.8 Å². The Morgan fingerprint density at radius 1 is 1.45 bits per heavy atom. The molecule has 11 heavy (non-hydrogen) atoms. The van der Waals surface area contributed by atoms with E-state index in [-0.39, 0.29) is 0 Å². The fourth-order valence-corrected chi connectivity index (χ4v) is 1.74. The highest BCUT2D eigenvalue weighted by Gasteiger charge is 2.15. The zero-order chi connectivity index (χ0) is 8.91. The van der Waals surface area contributed by atoms with Crippen molar-refractivity contribution >= 4 is 12.6 Å². The molecule has 0 bridgehead atoms. The minimum absolute atomic E-state index is 0.317. The van der Waals surface area contributed by atoms with Gasteiger partial charge in [-0.3, -0.25) is 0 Å². The lowest BCUT2D eigenvalue weighted by molar-refractivity contribution is 0.438. The van der Waals surface area contributed by atoms with Gasteiger partial charge in [-0.15, -0.1) is 0 Å². The number of rotatable bonds is 4. The predicted octanol–water partition coefficient (Wildman–Crippen LogP) is 3.69.